The number of imidazole rings is 1. The number of Topliss-reactive ketones (excluding diaryl/α,β-unsaturated/α-hetero) is 1. The van der Waals surface area contributed by atoms with Crippen molar-refractivity contribution in [2.45, 2.75) is 145 Å². The minimum Gasteiger partial charge on any atom is -0.481 e. The van der Waals surface area contributed by atoms with Crippen LogP contribution < -0.4 is 4.74 Å². The van der Waals surface area contributed by atoms with Gasteiger partial charge in [-0.05, 0) is 64.3 Å². The zero-order valence-corrected chi connectivity index (χ0v) is 31.0. The van der Waals surface area contributed by atoms with Crippen LogP contribution in [-0.2, 0) is 9.59 Å². The molecule has 47 heavy (non-hydrogen) atoms. The summed E-state index contributed by atoms with van der Waals surface area (Å²) in [5, 5.41) is 17.6. The minimum atomic E-state index is -0.737. The number of rotatable bonds is 20. The van der Waals surface area contributed by atoms with Crippen LogP contribution in [0.3, 0.4) is 0 Å². The molecule has 1 aromatic carbocycles. The van der Waals surface area contributed by atoms with Gasteiger partial charge in [-0.1, -0.05) is 127 Å². The largest absolute Gasteiger partial charge is 0.481 e. The van der Waals surface area contributed by atoms with E-state index in [2.05, 4.69) is 38.8 Å². The molecule has 7 nitrogen and oxygen atoms in total. The van der Waals surface area contributed by atoms with Crippen molar-refractivity contribution >= 4 is 23.4 Å². The second-order valence-corrected chi connectivity index (χ2v) is 13.7. The molecule has 0 aliphatic rings. The summed E-state index contributed by atoms with van der Waals surface area (Å²) in [5.41, 5.74) is 2.12. The average Bonchev–Trinajstić information content (AvgIpc) is 3.54. The van der Waals surface area contributed by atoms with E-state index in [4.69, 9.17) is 26.6 Å². The number of aliphatic carboxylic acids is 1. The normalized spacial score (nSPS) is 11.8. The number of carboxylic acids is 1. The molecule has 2 N–H and O–H groups in total. The molecule has 8 heteroatoms. The Hall–Kier alpha value is -2.90. The van der Waals surface area contributed by atoms with Crippen molar-refractivity contribution in [1.29, 1.82) is 0 Å². The molecular weight excluding hydrogens is 612 g/mol. The number of benzene rings is 1. The van der Waals surface area contributed by atoms with E-state index in [9.17, 15) is 9.59 Å². The van der Waals surface area contributed by atoms with Crippen molar-refractivity contribution in [1.82, 2.24) is 9.55 Å². The lowest BCUT2D eigenvalue weighted by molar-refractivity contribution is -0.138. The number of carbonyl (C=O) groups is 2. The molecule has 0 spiro atoms. The van der Waals surface area contributed by atoms with Crippen LogP contribution in [0.5, 0.6) is 5.75 Å². The van der Waals surface area contributed by atoms with E-state index in [1.165, 1.54) is 68.9 Å². The van der Waals surface area contributed by atoms with Crippen LogP contribution in [0, 0.1) is 5.41 Å². The summed E-state index contributed by atoms with van der Waals surface area (Å²) in [5.74, 6) is -0.0907. The van der Waals surface area contributed by atoms with Gasteiger partial charge in [-0.25, -0.2) is 4.98 Å². The van der Waals surface area contributed by atoms with Crippen LogP contribution in [-0.4, -0.2) is 38.1 Å². The number of ketones is 1. The van der Waals surface area contributed by atoms with Crippen LogP contribution in [0.2, 0.25) is 5.02 Å². The van der Waals surface area contributed by atoms with Gasteiger partial charge in [0.15, 0.2) is 5.78 Å². The van der Waals surface area contributed by atoms with Crippen molar-refractivity contribution in [2.24, 2.45) is 5.41 Å². The van der Waals surface area contributed by atoms with Crippen molar-refractivity contribution in [3.8, 4) is 5.75 Å². The standard InChI is InChI=1S/C15H17ClN2O2.C14H28O2.C10H18O/c1-15(2,3)13(19)14(18-9-8-17-10-18)20-12-6-4-11(16)5-7-12;1-2-3-4-5-6-7-8-9-10-11-12-13-14(15)16;1-9(2)5-4-6-10(3)7-8-11/h4-10,14H,1-3H3;2-13H2,1H3,(H,15,16);5,7,11H,4,6,8H2,1-3H3/b;;10-7+. The van der Waals surface area contributed by atoms with Gasteiger partial charge in [0.2, 0.25) is 6.23 Å². The number of allylic oxidation sites excluding steroid dienone is 3. The van der Waals surface area contributed by atoms with Crippen LogP contribution >= 0.6 is 11.6 Å². The first-order valence-corrected chi connectivity index (χ1v) is 17.7. The molecule has 0 saturated carbocycles. The van der Waals surface area contributed by atoms with Crippen LogP contribution in [0.15, 0.2) is 66.3 Å². The molecule has 0 bridgehead atoms. The number of aromatic nitrogens is 2. The number of unbranched alkanes of at least 4 members (excludes halogenated alkanes) is 10. The third-order valence-electron chi connectivity index (χ3n) is 7.35. The minimum absolute atomic E-state index is 0.0227. The number of aliphatic hydroxyl groups excluding tert-OH is 1. The van der Waals surface area contributed by atoms with Crippen molar-refractivity contribution in [3.05, 3.63) is 71.3 Å². The molecule has 2 rings (SSSR count). The van der Waals surface area contributed by atoms with E-state index in [1.807, 2.05) is 26.8 Å². The highest BCUT2D eigenvalue weighted by molar-refractivity contribution is 6.30. The van der Waals surface area contributed by atoms with Crippen LogP contribution in [0.25, 0.3) is 0 Å². The van der Waals surface area contributed by atoms with E-state index in [0.717, 1.165) is 25.7 Å². The van der Waals surface area contributed by atoms with Gasteiger partial charge in [-0.15, -0.1) is 0 Å². The third-order valence-corrected chi connectivity index (χ3v) is 7.60. The molecule has 0 aliphatic heterocycles. The maximum atomic E-state index is 12.5. The van der Waals surface area contributed by atoms with Gasteiger partial charge in [0.25, 0.3) is 0 Å². The topological polar surface area (TPSA) is 102 Å². The monoisotopic (exact) mass is 674 g/mol. The Morgan fingerprint density at radius 2 is 1.45 bits per heavy atom. The number of halogens is 1. The molecule has 1 atom stereocenters. The van der Waals surface area contributed by atoms with Gasteiger partial charge in [-0.2, -0.15) is 0 Å². The van der Waals surface area contributed by atoms with Gasteiger partial charge >= 0.3 is 5.97 Å². The zero-order valence-electron chi connectivity index (χ0n) is 30.3. The molecule has 0 amide bonds. The first-order chi connectivity index (χ1) is 22.3. The Balaban J connectivity index is 0.000000708. The molecule has 1 aromatic heterocycles. The molecule has 0 radical (unpaired) electrons. The zero-order chi connectivity index (χ0) is 35.5. The molecule has 1 heterocycles. The lowest BCUT2D eigenvalue weighted by Gasteiger charge is -2.26. The van der Waals surface area contributed by atoms with Crippen molar-refractivity contribution in [2.75, 3.05) is 6.61 Å². The number of ether oxygens (including phenoxy) is 1. The fourth-order valence-electron chi connectivity index (χ4n) is 4.46. The quantitative estimate of drug-likeness (QED) is 0.107. The van der Waals surface area contributed by atoms with Gasteiger partial charge < -0.3 is 14.9 Å². The van der Waals surface area contributed by atoms with E-state index in [1.54, 1.807) is 47.6 Å². The summed E-state index contributed by atoms with van der Waals surface area (Å²) < 4.78 is 7.47. The first kappa shape index (κ1) is 44.1. The van der Waals surface area contributed by atoms with Gasteiger partial charge in [0.05, 0.1) is 12.9 Å². The van der Waals surface area contributed by atoms with E-state index in [-0.39, 0.29) is 12.4 Å². The number of nitrogens with zero attached hydrogens (tertiary/aromatic N) is 2. The van der Waals surface area contributed by atoms with Crippen molar-refractivity contribution in [3.63, 3.8) is 0 Å². The number of aliphatic hydroxyl groups is 1. The molecule has 2 aromatic rings. The Morgan fingerprint density at radius 3 is 1.89 bits per heavy atom. The highest BCUT2D eigenvalue weighted by Crippen LogP contribution is 2.27. The first-order valence-electron chi connectivity index (χ1n) is 17.4. The lowest BCUT2D eigenvalue weighted by atomic mass is 9.89. The second kappa shape index (κ2) is 27.1. The number of hydrogen-bond acceptors (Lipinski definition) is 5. The van der Waals surface area contributed by atoms with E-state index >= 15 is 0 Å². The fourth-order valence-corrected chi connectivity index (χ4v) is 4.58. The van der Waals surface area contributed by atoms with Crippen molar-refractivity contribution < 1.29 is 24.5 Å². The molecule has 0 saturated heterocycles. The predicted molar refractivity (Wildman–Crippen MR) is 196 cm³/mol. The fraction of sp³-hybridized carbons (Fsp3) is 0.615. The highest BCUT2D eigenvalue weighted by Gasteiger charge is 2.32. The summed E-state index contributed by atoms with van der Waals surface area (Å²) in [6.07, 6.45) is 24.8. The smallest absolute Gasteiger partial charge is 0.303 e. The van der Waals surface area contributed by atoms with Gasteiger partial charge in [-0.3, -0.25) is 14.2 Å². The summed E-state index contributed by atoms with van der Waals surface area (Å²) in [7, 11) is 0. The van der Waals surface area contributed by atoms with Gasteiger partial charge in [0.1, 0.15) is 5.75 Å². The summed E-state index contributed by atoms with van der Waals surface area (Å²) >= 11 is 5.85. The van der Waals surface area contributed by atoms with Crippen LogP contribution in [0.1, 0.15) is 145 Å². The van der Waals surface area contributed by atoms with Gasteiger partial charge in [0, 0.05) is 29.3 Å². The third kappa shape index (κ3) is 24.9. The Bertz CT molecular complexity index is 1130. The van der Waals surface area contributed by atoms with E-state index < -0.39 is 17.6 Å². The summed E-state index contributed by atoms with van der Waals surface area (Å²) in [4.78, 5) is 26.8. The molecule has 266 valence electrons. The maximum absolute atomic E-state index is 12.5. The summed E-state index contributed by atoms with van der Waals surface area (Å²) in [6, 6.07) is 6.93. The predicted octanol–water partition coefficient (Wildman–Crippen LogP) is 11.2. The summed E-state index contributed by atoms with van der Waals surface area (Å²) in [6.45, 7) is 14.3. The highest BCUT2D eigenvalue weighted by atomic mass is 35.5. The molecule has 1 unspecified atom stereocenters. The van der Waals surface area contributed by atoms with E-state index in [0.29, 0.717) is 17.2 Å². The molecular formula is C39H63ClN2O5. The van der Waals surface area contributed by atoms with Crippen LogP contribution in [0.4, 0.5) is 0 Å². The number of carbonyl (C=O) groups excluding carboxylic acids is 1. The Labute approximate surface area is 290 Å². The number of hydrogen-bond donors (Lipinski definition) is 2. The average molecular weight is 675 g/mol. The Morgan fingerprint density at radius 1 is 0.894 bits per heavy atom. The lowest BCUT2D eigenvalue weighted by Crippen LogP contribution is -2.33. The Kier molecular flexibility index (Phi) is 25.4. The second-order valence-electron chi connectivity index (χ2n) is 13.3. The molecule has 0 aliphatic carbocycles. The maximum Gasteiger partial charge on any atom is 0.303 e. The number of carboxylic acid groups (broad SMARTS) is 1. The molecule has 0 fully saturated rings. The SMILES string of the molecule is CC(C)(C)C(=O)C(Oc1ccc(Cl)cc1)n1ccnc1.CC(C)=CCC/C(C)=C/CO.CCCCCCCCCCCCCC(=O)O.